The summed E-state index contributed by atoms with van der Waals surface area (Å²) in [6.07, 6.45) is 0. The molecule has 1 heterocycles. The topological polar surface area (TPSA) is 34.0 Å². The number of hydrogen-bond donors (Lipinski definition) is 1. The van der Waals surface area contributed by atoms with Crippen molar-refractivity contribution >= 4 is 45.2 Å². The monoisotopic (exact) mass is 450 g/mol. The average molecular weight is 451 g/mol. The van der Waals surface area contributed by atoms with Crippen molar-refractivity contribution in [1.29, 1.82) is 0 Å². The van der Waals surface area contributed by atoms with Crippen molar-refractivity contribution in [2.24, 2.45) is 0 Å². The van der Waals surface area contributed by atoms with Gasteiger partial charge in [0.2, 0.25) is 0 Å². The van der Waals surface area contributed by atoms with Crippen LogP contribution in [0.1, 0.15) is 28.4 Å². The predicted octanol–water partition coefficient (Wildman–Crippen LogP) is 7.67. The number of benzene rings is 4. The molecule has 0 bridgehead atoms. The van der Waals surface area contributed by atoms with Crippen LogP contribution in [0.3, 0.4) is 0 Å². The number of anilines is 1. The molecule has 0 aliphatic carbocycles. The van der Waals surface area contributed by atoms with Crippen LogP contribution >= 0.6 is 11.8 Å². The van der Waals surface area contributed by atoms with Crippen molar-refractivity contribution in [1.82, 2.24) is 4.57 Å². The largest absolute Gasteiger partial charge is 0.341 e. The second-order valence-corrected chi connectivity index (χ2v) is 9.29. The lowest BCUT2D eigenvalue weighted by atomic mass is 10.1. The molecule has 0 saturated heterocycles. The fraction of sp³-hybridized carbons (Fsp3) is 0.138. The summed E-state index contributed by atoms with van der Waals surface area (Å²) in [6.45, 7) is 5.16. The second kappa shape index (κ2) is 9.16. The summed E-state index contributed by atoms with van der Waals surface area (Å²) in [5.74, 6) is 0.787. The number of hydrogen-bond acceptors (Lipinski definition) is 2. The van der Waals surface area contributed by atoms with Crippen LogP contribution < -0.4 is 5.32 Å². The summed E-state index contributed by atoms with van der Waals surface area (Å²) in [6, 6.07) is 31.0. The van der Waals surface area contributed by atoms with Crippen LogP contribution in [0.15, 0.2) is 95.9 Å². The maximum absolute atomic E-state index is 12.9. The van der Waals surface area contributed by atoms with Crippen molar-refractivity contribution in [3.8, 4) is 0 Å². The van der Waals surface area contributed by atoms with E-state index in [2.05, 4.69) is 84.4 Å². The molecular weight excluding hydrogens is 424 g/mol. The number of aryl methyl sites for hydroxylation is 2. The smallest absolute Gasteiger partial charge is 0.255 e. The number of carbonyl (C=O) groups excluding carboxylic acids is 1. The minimum absolute atomic E-state index is 0.0914. The molecule has 0 saturated carbocycles. The Morgan fingerprint density at radius 3 is 2.33 bits per heavy atom. The highest BCUT2D eigenvalue weighted by atomic mass is 32.2. The molecule has 4 aromatic carbocycles. The fourth-order valence-electron chi connectivity index (χ4n) is 4.23. The standard InChI is InChI=1S/C29H26N2OS/c1-3-31-27-7-5-4-6-25(27)26-18-23(14-17-28(26)31)30-29(32)22-12-10-21(11-13-22)19-33-24-15-8-20(2)9-16-24/h4-18H,3,19H2,1-2H3,(H,30,32). The molecule has 4 heteroatoms. The molecule has 0 aliphatic rings. The van der Waals surface area contributed by atoms with Gasteiger partial charge in [-0.3, -0.25) is 4.79 Å². The van der Waals surface area contributed by atoms with E-state index < -0.39 is 0 Å². The molecule has 0 unspecified atom stereocenters. The SMILES string of the molecule is CCn1c2ccccc2c2cc(NC(=O)c3ccc(CSc4ccc(C)cc4)cc3)ccc21. The molecular formula is C29H26N2OS. The van der Waals surface area contributed by atoms with E-state index in [4.69, 9.17) is 0 Å². The van der Waals surface area contributed by atoms with E-state index in [0.717, 1.165) is 23.4 Å². The van der Waals surface area contributed by atoms with Crippen molar-refractivity contribution in [3.63, 3.8) is 0 Å². The first-order valence-electron chi connectivity index (χ1n) is 11.2. The summed E-state index contributed by atoms with van der Waals surface area (Å²) in [4.78, 5) is 14.1. The molecule has 0 spiro atoms. The fourth-order valence-corrected chi connectivity index (χ4v) is 5.08. The molecule has 0 radical (unpaired) electrons. The number of aromatic nitrogens is 1. The van der Waals surface area contributed by atoms with Crippen LogP contribution in [0.25, 0.3) is 21.8 Å². The lowest BCUT2D eigenvalue weighted by Crippen LogP contribution is -2.11. The molecule has 5 aromatic rings. The van der Waals surface area contributed by atoms with Crippen LogP contribution in [-0.2, 0) is 12.3 Å². The first-order chi connectivity index (χ1) is 16.1. The van der Waals surface area contributed by atoms with Gasteiger partial charge in [-0.15, -0.1) is 11.8 Å². The van der Waals surface area contributed by atoms with Gasteiger partial charge in [0, 0.05) is 50.2 Å². The van der Waals surface area contributed by atoms with Gasteiger partial charge < -0.3 is 9.88 Å². The molecule has 0 atom stereocenters. The normalized spacial score (nSPS) is 11.2. The zero-order valence-corrected chi connectivity index (χ0v) is 19.7. The van der Waals surface area contributed by atoms with E-state index in [9.17, 15) is 4.79 Å². The third-order valence-corrected chi connectivity index (χ3v) is 7.07. The Morgan fingerprint density at radius 2 is 1.58 bits per heavy atom. The zero-order valence-electron chi connectivity index (χ0n) is 18.8. The Hall–Kier alpha value is -3.50. The van der Waals surface area contributed by atoms with E-state index in [1.165, 1.54) is 32.4 Å². The summed E-state index contributed by atoms with van der Waals surface area (Å²) in [5, 5.41) is 5.44. The summed E-state index contributed by atoms with van der Waals surface area (Å²) < 4.78 is 2.31. The Kier molecular flexibility index (Phi) is 5.93. The molecule has 1 amide bonds. The number of rotatable bonds is 6. The minimum Gasteiger partial charge on any atom is -0.341 e. The van der Waals surface area contributed by atoms with Crippen molar-refractivity contribution in [2.45, 2.75) is 31.0 Å². The molecule has 5 rings (SSSR count). The van der Waals surface area contributed by atoms with E-state index in [1.54, 1.807) is 11.8 Å². The molecule has 1 N–H and O–H groups in total. The van der Waals surface area contributed by atoms with Gasteiger partial charge in [-0.05, 0) is 67.9 Å². The van der Waals surface area contributed by atoms with Crippen molar-refractivity contribution in [3.05, 3.63) is 108 Å². The average Bonchev–Trinajstić information content (AvgIpc) is 3.17. The Morgan fingerprint density at radius 1 is 0.848 bits per heavy atom. The summed E-state index contributed by atoms with van der Waals surface area (Å²) >= 11 is 1.80. The lowest BCUT2D eigenvalue weighted by Gasteiger charge is -2.08. The van der Waals surface area contributed by atoms with Gasteiger partial charge in [-0.25, -0.2) is 0 Å². The van der Waals surface area contributed by atoms with Gasteiger partial charge in [0.1, 0.15) is 0 Å². The first-order valence-corrected chi connectivity index (χ1v) is 12.2. The number of thioether (sulfide) groups is 1. The van der Waals surface area contributed by atoms with Crippen molar-refractivity contribution in [2.75, 3.05) is 5.32 Å². The summed E-state index contributed by atoms with van der Waals surface area (Å²) in [7, 11) is 0. The maximum Gasteiger partial charge on any atom is 0.255 e. The molecule has 33 heavy (non-hydrogen) atoms. The van der Waals surface area contributed by atoms with E-state index in [-0.39, 0.29) is 5.91 Å². The summed E-state index contributed by atoms with van der Waals surface area (Å²) in [5.41, 5.74) is 6.35. The molecule has 0 fully saturated rings. The highest BCUT2D eigenvalue weighted by Crippen LogP contribution is 2.31. The minimum atomic E-state index is -0.0914. The molecule has 1 aromatic heterocycles. The van der Waals surface area contributed by atoms with Gasteiger partial charge in [0.05, 0.1) is 0 Å². The third kappa shape index (κ3) is 4.39. The molecule has 164 valence electrons. The Balaban J connectivity index is 1.31. The van der Waals surface area contributed by atoms with Gasteiger partial charge in [-0.1, -0.05) is 48.0 Å². The molecule has 3 nitrogen and oxygen atoms in total. The van der Waals surface area contributed by atoms with Crippen molar-refractivity contribution < 1.29 is 4.79 Å². The van der Waals surface area contributed by atoms with E-state index in [0.29, 0.717) is 5.56 Å². The number of nitrogens with one attached hydrogen (secondary N) is 1. The van der Waals surface area contributed by atoms with E-state index in [1.807, 2.05) is 30.3 Å². The van der Waals surface area contributed by atoms with Gasteiger partial charge in [-0.2, -0.15) is 0 Å². The Bertz CT molecular complexity index is 1430. The highest BCUT2D eigenvalue weighted by molar-refractivity contribution is 7.98. The molecule has 0 aliphatic heterocycles. The Labute approximate surface area is 198 Å². The number of para-hydroxylation sites is 1. The maximum atomic E-state index is 12.9. The van der Waals surface area contributed by atoms with Gasteiger partial charge in [0.15, 0.2) is 0 Å². The van der Waals surface area contributed by atoms with Crippen LogP contribution in [0.5, 0.6) is 0 Å². The lowest BCUT2D eigenvalue weighted by molar-refractivity contribution is 0.102. The van der Waals surface area contributed by atoms with Crippen LogP contribution in [0.4, 0.5) is 5.69 Å². The van der Waals surface area contributed by atoms with Gasteiger partial charge in [0.25, 0.3) is 5.91 Å². The second-order valence-electron chi connectivity index (χ2n) is 8.25. The highest BCUT2D eigenvalue weighted by Gasteiger charge is 2.12. The third-order valence-electron chi connectivity index (χ3n) is 5.99. The predicted molar refractivity (Wildman–Crippen MR) is 140 cm³/mol. The number of fused-ring (bicyclic) bond motifs is 3. The zero-order chi connectivity index (χ0) is 22.8. The van der Waals surface area contributed by atoms with Crippen LogP contribution in [0, 0.1) is 6.92 Å². The quantitative estimate of drug-likeness (QED) is 0.269. The number of amides is 1. The van der Waals surface area contributed by atoms with Crippen LogP contribution in [-0.4, -0.2) is 10.5 Å². The number of carbonyl (C=O) groups is 1. The number of nitrogens with zero attached hydrogens (tertiary/aromatic N) is 1. The van der Waals surface area contributed by atoms with Gasteiger partial charge >= 0.3 is 0 Å². The van der Waals surface area contributed by atoms with E-state index >= 15 is 0 Å². The first kappa shape index (κ1) is 21.4. The van der Waals surface area contributed by atoms with Crippen LogP contribution in [0.2, 0.25) is 0 Å².